The molecule has 2 amide bonds. The van der Waals surface area contributed by atoms with Crippen molar-refractivity contribution < 1.29 is 24.2 Å². The normalized spacial score (nSPS) is 12.2. The number of carboxylic acids is 1. The van der Waals surface area contributed by atoms with Crippen LogP contribution in [0.15, 0.2) is 18.2 Å². The highest BCUT2D eigenvalue weighted by Crippen LogP contribution is 2.22. The average molecular weight is 405 g/mol. The fourth-order valence-electron chi connectivity index (χ4n) is 1.97. The third-order valence-electron chi connectivity index (χ3n) is 3.09. The van der Waals surface area contributed by atoms with Crippen molar-refractivity contribution in [2.75, 3.05) is 6.54 Å². The molecule has 0 bridgehead atoms. The Labute approximate surface area is 162 Å². The van der Waals surface area contributed by atoms with Crippen LogP contribution in [0.4, 0.5) is 4.79 Å². The lowest BCUT2D eigenvalue weighted by Gasteiger charge is -2.19. The third-order valence-corrected chi connectivity index (χ3v) is 3.68. The van der Waals surface area contributed by atoms with E-state index in [-0.39, 0.29) is 19.4 Å². The van der Waals surface area contributed by atoms with Gasteiger partial charge in [-0.3, -0.25) is 4.79 Å². The minimum atomic E-state index is -1.19. The second kappa shape index (κ2) is 9.64. The Hall–Kier alpha value is -1.99. The van der Waals surface area contributed by atoms with Crippen LogP contribution in [0.25, 0.3) is 0 Å². The number of hydrogen-bond acceptors (Lipinski definition) is 4. The van der Waals surface area contributed by atoms with Crippen LogP contribution in [0, 0.1) is 0 Å². The monoisotopic (exact) mass is 404 g/mol. The van der Waals surface area contributed by atoms with Crippen molar-refractivity contribution in [1.29, 1.82) is 0 Å². The first-order valence-electron chi connectivity index (χ1n) is 7.91. The van der Waals surface area contributed by atoms with E-state index in [4.69, 9.17) is 27.9 Å². The highest BCUT2D eigenvalue weighted by molar-refractivity contribution is 6.35. The van der Waals surface area contributed by atoms with Gasteiger partial charge in [-0.15, -0.1) is 0 Å². The van der Waals surface area contributed by atoms with Gasteiger partial charge < -0.3 is 20.5 Å². The van der Waals surface area contributed by atoms with E-state index < -0.39 is 29.6 Å². The molecule has 1 atom stereocenters. The Balaban J connectivity index is 2.53. The summed E-state index contributed by atoms with van der Waals surface area (Å²) in [4.78, 5) is 34.8. The number of carbonyl (C=O) groups excluding carboxylic acids is 2. The molecule has 144 valence electrons. The molecule has 0 heterocycles. The number of aliphatic carboxylic acids is 1. The molecule has 0 saturated carbocycles. The molecule has 0 aliphatic heterocycles. The predicted molar refractivity (Wildman–Crippen MR) is 98.6 cm³/mol. The number of carbonyl (C=O) groups is 3. The van der Waals surface area contributed by atoms with E-state index in [1.807, 2.05) is 0 Å². The molecule has 0 aromatic heterocycles. The fourth-order valence-corrected chi connectivity index (χ4v) is 2.45. The lowest BCUT2D eigenvalue weighted by atomic mass is 10.1. The maximum Gasteiger partial charge on any atom is 0.407 e. The number of rotatable bonds is 7. The molecule has 9 heteroatoms. The molecule has 0 spiro atoms. The Kier molecular flexibility index (Phi) is 8.17. The Morgan fingerprint density at radius 3 is 2.42 bits per heavy atom. The first-order valence-corrected chi connectivity index (χ1v) is 8.66. The molecule has 26 heavy (non-hydrogen) atoms. The Bertz CT molecular complexity index is 674. The zero-order valence-electron chi connectivity index (χ0n) is 14.8. The van der Waals surface area contributed by atoms with Crippen molar-refractivity contribution in [1.82, 2.24) is 10.6 Å². The van der Waals surface area contributed by atoms with Crippen LogP contribution in [-0.2, 0) is 20.7 Å². The van der Waals surface area contributed by atoms with Gasteiger partial charge in [-0.2, -0.15) is 0 Å². The molecule has 7 nitrogen and oxygen atoms in total. The number of alkyl carbamates (subject to hydrolysis) is 1. The molecule has 3 N–H and O–H groups in total. The van der Waals surface area contributed by atoms with Crippen molar-refractivity contribution in [2.45, 2.75) is 45.3 Å². The van der Waals surface area contributed by atoms with Gasteiger partial charge in [0.25, 0.3) is 0 Å². The number of benzene rings is 1. The first-order chi connectivity index (χ1) is 12.0. The van der Waals surface area contributed by atoms with Gasteiger partial charge in [-0.25, -0.2) is 9.59 Å². The van der Waals surface area contributed by atoms with Crippen molar-refractivity contribution in [3.8, 4) is 0 Å². The number of nitrogens with one attached hydrogen (secondary N) is 2. The van der Waals surface area contributed by atoms with Crippen LogP contribution in [-0.4, -0.2) is 41.3 Å². The molecule has 1 aromatic carbocycles. The SMILES string of the molecule is CC(C)(C)OC(=O)NCCC(=O)NC(Cc1ccc(Cl)cc1Cl)C(=O)O. The van der Waals surface area contributed by atoms with Crippen molar-refractivity contribution >= 4 is 41.2 Å². The number of ether oxygens (including phenoxy) is 1. The lowest BCUT2D eigenvalue weighted by molar-refractivity contribution is -0.141. The van der Waals surface area contributed by atoms with E-state index >= 15 is 0 Å². The summed E-state index contributed by atoms with van der Waals surface area (Å²) in [6, 6.07) is 3.55. The van der Waals surface area contributed by atoms with Crippen LogP contribution >= 0.6 is 23.2 Å². The topological polar surface area (TPSA) is 105 Å². The van der Waals surface area contributed by atoms with Crippen molar-refractivity contribution in [3.63, 3.8) is 0 Å². The number of carboxylic acid groups (broad SMARTS) is 1. The van der Waals surface area contributed by atoms with Gasteiger partial charge in [-0.05, 0) is 38.5 Å². The summed E-state index contributed by atoms with van der Waals surface area (Å²) >= 11 is 11.8. The van der Waals surface area contributed by atoms with Gasteiger partial charge in [0.1, 0.15) is 11.6 Å². The largest absolute Gasteiger partial charge is 0.480 e. The molecule has 0 aliphatic rings. The summed E-state index contributed by atoms with van der Waals surface area (Å²) in [5.74, 6) is -1.71. The second-order valence-electron chi connectivity index (χ2n) is 6.58. The molecule has 1 rings (SSSR count). The van der Waals surface area contributed by atoms with Gasteiger partial charge in [0, 0.05) is 29.4 Å². The van der Waals surface area contributed by atoms with Crippen LogP contribution in [0.5, 0.6) is 0 Å². The summed E-state index contributed by atoms with van der Waals surface area (Å²) in [6.07, 6.45) is -0.721. The minimum absolute atomic E-state index is 0.0105. The van der Waals surface area contributed by atoms with Crippen LogP contribution in [0.2, 0.25) is 10.0 Å². The average Bonchev–Trinajstić information content (AvgIpc) is 2.47. The molecule has 1 unspecified atom stereocenters. The van der Waals surface area contributed by atoms with E-state index in [2.05, 4.69) is 10.6 Å². The molecular formula is C17H22Cl2N2O5. The van der Waals surface area contributed by atoms with Crippen molar-refractivity contribution in [3.05, 3.63) is 33.8 Å². The first kappa shape index (κ1) is 22.1. The lowest BCUT2D eigenvalue weighted by Crippen LogP contribution is -2.43. The maximum atomic E-state index is 11.9. The van der Waals surface area contributed by atoms with Crippen LogP contribution in [0.1, 0.15) is 32.8 Å². The number of halogens is 2. The van der Waals surface area contributed by atoms with Crippen molar-refractivity contribution in [2.24, 2.45) is 0 Å². The van der Waals surface area contributed by atoms with E-state index in [0.717, 1.165) is 0 Å². The Morgan fingerprint density at radius 1 is 1.23 bits per heavy atom. The quantitative estimate of drug-likeness (QED) is 0.647. The second-order valence-corrected chi connectivity index (χ2v) is 7.42. The van der Waals surface area contributed by atoms with Gasteiger partial charge in [-0.1, -0.05) is 29.3 Å². The minimum Gasteiger partial charge on any atom is -0.480 e. The van der Waals surface area contributed by atoms with E-state index in [1.54, 1.807) is 32.9 Å². The maximum absolute atomic E-state index is 11.9. The van der Waals surface area contributed by atoms with Gasteiger partial charge in [0.05, 0.1) is 0 Å². The zero-order valence-corrected chi connectivity index (χ0v) is 16.3. The molecular weight excluding hydrogens is 383 g/mol. The molecule has 1 aromatic rings. The molecule has 0 aliphatic carbocycles. The summed E-state index contributed by atoms with van der Waals surface area (Å²) in [5, 5.41) is 14.9. The summed E-state index contributed by atoms with van der Waals surface area (Å²) in [5.41, 5.74) is -0.0888. The van der Waals surface area contributed by atoms with E-state index in [0.29, 0.717) is 15.6 Å². The smallest absolute Gasteiger partial charge is 0.407 e. The summed E-state index contributed by atoms with van der Waals surface area (Å²) < 4.78 is 5.04. The zero-order chi connectivity index (χ0) is 19.9. The van der Waals surface area contributed by atoms with Gasteiger partial charge >= 0.3 is 12.1 Å². The summed E-state index contributed by atoms with van der Waals surface area (Å²) in [6.45, 7) is 5.19. The molecule has 0 fully saturated rings. The molecule has 0 saturated heterocycles. The van der Waals surface area contributed by atoms with Crippen LogP contribution < -0.4 is 10.6 Å². The Morgan fingerprint density at radius 2 is 1.88 bits per heavy atom. The predicted octanol–water partition coefficient (Wildman–Crippen LogP) is 3.02. The highest BCUT2D eigenvalue weighted by atomic mass is 35.5. The van der Waals surface area contributed by atoms with E-state index in [9.17, 15) is 19.5 Å². The standard InChI is InChI=1S/C17H22Cl2N2O5/c1-17(2,3)26-16(25)20-7-6-14(22)21-13(15(23)24)8-10-4-5-11(18)9-12(10)19/h4-5,9,13H,6-8H2,1-3H3,(H,20,25)(H,21,22)(H,23,24). The number of amides is 2. The molecule has 0 radical (unpaired) electrons. The van der Waals surface area contributed by atoms with Gasteiger partial charge in [0.2, 0.25) is 5.91 Å². The summed E-state index contributed by atoms with van der Waals surface area (Å²) in [7, 11) is 0. The third kappa shape index (κ3) is 8.40. The highest BCUT2D eigenvalue weighted by Gasteiger charge is 2.22. The van der Waals surface area contributed by atoms with Crippen LogP contribution in [0.3, 0.4) is 0 Å². The number of hydrogen-bond donors (Lipinski definition) is 3. The van der Waals surface area contributed by atoms with E-state index in [1.165, 1.54) is 6.07 Å². The fraction of sp³-hybridized carbons (Fsp3) is 0.471. The van der Waals surface area contributed by atoms with Gasteiger partial charge in [0.15, 0.2) is 0 Å².